The molecular formula is C17H18. The van der Waals surface area contributed by atoms with E-state index in [4.69, 9.17) is 0 Å². The molecule has 0 aromatic heterocycles. The molecule has 0 bridgehead atoms. The second kappa shape index (κ2) is 6.49. The highest BCUT2D eigenvalue weighted by molar-refractivity contribution is 5.78. The summed E-state index contributed by atoms with van der Waals surface area (Å²) in [6.45, 7) is 13.4. The monoisotopic (exact) mass is 222 g/mol. The summed E-state index contributed by atoms with van der Waals surface area (Å²) in [5, 5.41) is 0. The summed E-state index contributed by atoms with van der Waals surface area (Å²) in [7, 11) is 0. The SMILES string of the molecule is C=C/C=C\C=C(/C)c1cccc(C=C)c1C=C. The Bertz CT molecular complexity index is 485. The topological polar surface area (TPSA) is 0 Å². The molecule has 0 nitrogen and oxygen atoms in total. The largest absolute Gasteiger partial charge is 0.0991 e. The molecule has 0 amide bonds. The second-order valence-corrected chi connectivity index (χ2v) is 3.69. The van der Waals surface area contributed by atoms with Gasteiger partial charge in [-0.25, -0.2) is 0 Å². The Kier molecular flexibility index (Phi) is 4.96. The van der Waals surface area contributed by atoms with E-state index < -0.39 is 0 Å². The van der Waals surface area contributed by atoms with Gasteiger partial charge in [0, 0.05) is 0 Å². The Hall–Kier alpha value is -2.08. The van der Waals surface area contributed by atoms with Gasteiger partial charge >= 0.3 is 0 Å². The second-order valence-electron chi connectivity index (χ2n) is 3.69. The van der Waals surface area contributed by atoms with E-state index in [1.165, 1.54) is 11.1 Å². The van der Waals surface area contributed by atoms with Crippen LogP contribution in [0, 0.1) is 0 Å². The van der Waals surface area contributed by atoms with Crippen molar-refractivity contribution in [3.05, 3.63) is 78.9 Å². The molecule has 0 atom stereocenters. The summed E-state index contributed by atoms with van der Waals surface area (Å²) in [5.41, 5.74) is 4.62. The molecule has 17 heavy (non-hydrogen) atoms. The quantitative estimate of drug-likeness (QED) is 0.607. The minimum absolute atomic E-state index is 1.11. The van der Waals surface area contributed by atoms with Crippen LogP contribution in [0.25, 0.3) is 17.7 Å². The van der Waals surface area contributed by atoms with Crippen LogP contribution < -0.4 is 0 Å². The standard InChI is InChI=1S/C17H18/c1-5-8-9-11-14(4)17-13-10-12-15(6-2)16(17)7-3/h5-13H,1-3H2,4H3/b9-8-,14-11+. The van der Waals surface area contributed by atoms with Crippen LogP contribution in [0.2, 0.25) is 0 Å². The van der Waals surface area contributed by atoms with Gasteiger partial charge < -0.3 is 0 Å². The van der Waals surface area contributed by atoms with Crippen molar-refractivity contribution in [1.29, 1.82) is 0 Å². The first-order chi connectivity index (χ1) is 8.24. The summed E-state index contributed by atoms with van der Waals surface area (Å²) < 4.78 is 0. The fourth-order valence-corrected chi connectivity index (χ4v) is 1.70. The minimum Gasteiger partial charge on any atom is -0.0991 e. The average Bonchev–Trinajstić information content (AvgIpc) is 2.37. The fraction of sp³-hybridized carbons (Fsp3) is 0.0588. The molecule has 0 heteroatoms. The highest BCUT2D eigenvalue weighted by Gasteiger charge is 2.03. The van der Waals surface area contributed by atoms with Crippen molar-refractivity contribution in [3.63, 3.8) is 0 Å². The van der Waals surface area contributed by atoms with Gasteiger partial charge in [-0.1, -0.05) is 74.4 Å². The summed E-state index contributed by atoms with van der Waals surface area (Å²) in [5.74, 6) is 0. The van der Waals surface area contributed by atoms with Gasteiger partial charge in [-0.15, -0.1) is 0 Å². The highest BCUT2D eigenvalue weighted by Crippen LogP contribution is 2.24. The van der Waals surface area contributed by atoms with Crippen molar-refractivity contribution >= 4 is 17.7 Å². The summed E-state index contributed by atoms with van der Waals surface area (Å²) in [6.07, 6.45) is 11.5. The van der Waals surface area contributed by atoms with Crippen LogP contribution in [0.5, 0.6) is 0 Å². The first-order valence-electron chi connectivity index (χ1n) is 5.58. The number of benzene rings is 1. The van der Waals surface area contributed by atoms with E-state index in [2.05, 4.69) is 38.8 Å². The smallest absolute Gasteiger partial charge is 0.0115 e. The maximum absolute atomic E-state index is 3.87. The number of hydrogen-bond donors (Lipinski definition) is 0. The van der Waals surface area contributed by atoms with E-state index in [-0.39, 0.29) is 0 Å². The van der Waals surface area contributed by atoms with Gasteiger partial charge in [-0.2, -0.15) is 0 Å². The molecule has 0 spiro atoms. The molecular weight excluding hydrogens is 204 g/mol. The number of hydrogen-bond acceptors (Lipinski definition) is 0. The Morgan fingerprint density at radius 1 is 1.06 bits per heavy atom. The Labute approximate surface area is 104 Å². The molecule has 0 aliphatic carbocycles. The van der Waals surface area contributed by atoms with Gasteiger partial charge in [0.1, 0.15) is 0 Å². The Morgan fingerprint density at radius 2 is 1.82 bits per heavy atom. The fourth-order valence-electron chi connectivity index (χ4n) is 1.70. The minimum atomic E-state index is 1.11. The maximum atomic E-state index is 3.87. The van der Waals surface area contributed by atoms with Crippen LogP contribution in [0.15, 0.2) is 62.2 Å². The van der Waals surface area contributed by atoms with Crippen LogP contribution in [0.4, 0.5) is 0 Å². The van der Waals surface area contributed by atoms with Gasteiger partial charge in [0.15, 0.2) is 0 Å². The number of allylic oxidation sites excluding steroid dienone is 5. The van der Waals surface area contributed by atoms with Crippen molar-refractivity contribution in [1.82, 2.24) is 0 Å². The molecule has 0 aliphatic rings. The van der Waals surface area contributed by atoms with Crippen molar-refractivity contribution in [2.24, 2.45) is 0 Å². The molecule has 0 aliphatic heterocycles. The first-order valence-corrected chi connectivity index (χ1v) is 5.58. The molecule has 86 valence electrons. The van der Waals surface area contributed by atoms with Gasteiger partial charge in [-0.05, 0) is 29.2 Å². The zero-order chi connectivity index (χ0) is 12.7. The molecule has 1 aromatic carbocycles. The first kappa shape index (κ1) is 13.0. The molecule has 0 N–H and O–H groups in total. The zero-order valence-corrected chi connectivity index (χ0v) is 10.3. The molecule has 0 fully saturated rings. The molecule has 0 saturated carbocycles. The van der Waals surface area contributed by atoms with Crippen LogP contribution in [0.3, 0.4) is 0 Å². The van der Waals surface area contributed by atoms with E-state index in [0.29, 0.717) is 0 Å². The Balaban J connectivity index is 3.26. The normalized spacial score (nSPS) is 11.5. The van der Waals surface area contributed by atoms with Crippen molar-refractivity contribution in [3.8, 4) is 0 Å². The van der Waals surface area contributed by atoms with E-state index >= 15 is 0 Å². The van der Waals surface area contributed by atoms with Crippen LogP contribution >= 0.6 is 0 Å². The lowest BCUT2D eigenvalue weighted by atomic mass is 9.96. The van der Waals surface area contributed by atoms with E-state index in [1.807, 2.05) is 36.4 Å². The molecule has 0 unspecified atom stereocenters. The lowest BCUT2D eigenvalue weighted by molar-refractivity contribution is 1.51. The van der Waals surface area contributed by atoms with Gasteiger partial charge in [0.05, 0.1) is 0 Å². The predicted octanol–water partition coefficient (Wildman–Crippen LogP) is 5.12. The lowest BCUT2D eigenvalue weighted by Gasteiger charge is -2.09. The Morgan fingerprint density at radius 3 is 2.41 bits per heavy atom. The highest BCUT2D eigenvalue weighted by atomic mass is 14.1. The van der Waals surface area contributed by atoms with Crippen LogP contribution in [0.1, 0.15) is 23.6 Å². The molecule has 1 rings (SSSR count). The van der Waals surface area contributed by atoms with E-state index in [1.54, 1.807) is 6.08 Å². The predicted molar refractivity (Wildman–Crippen MR) is 79.6 cm³/mol. The van der Waals surface area contributed by atoms with E-state index in [0.717, 1.165) is 11.1 Å². The van der Waals surface area contributed by atoms with Crippen molar-refractivity contribution in [2.45, 2.75) is 6.92 Å². The number of rotatable bonds is 5. The third kappa shape index (κ3) is 3.18. The van der Waals surface area contributed by atoms with Gasteiger partial charge in [-0.3, -0.25) is 0 Å². The van der Waals surface area contributed by atoms with Crippen molar-refractivity contribution < 1.29 is 0 Å². The molecule has 1 aromatic rings. The maximum Gasteiger partial charge on any atom is -0.0115 e. The zero-order valence-electron chi connectivity index (χ0n) is 10.3. The molecule has 0 saturated heterocycles. The summed E-state index contributed by atoms with van der Waals surface area (Å²) >= 11 is 0. The van der Waals surface area contributed by atoms with Gasteiger partial charge in [0.2, 0.25) is 0 Å². The van der Waals surface area contributed by atoms with E-state index in [9.17, 15) is 0 Å². The van der Waals surface area contributed by atoms with Crippen molar-refractivity contribution in [2.75, 3.05) is 0 Å². The third-order valence-electron chi connectivity index (χ3n) is 2.58. The van der Waals surface area contributed by atoms with Crippen LogP contribution in [-0.4, -0.2) is 0 Å². The average molecular weight is 222 g/mol. The molecule has 0 heterocycles. The van der Waals surface area contributed by atoms with Crippen LogP contribution in [-0.2, 0) is 0 Å². The summed E-state index contributed by atoms with van der Waals surface area (Å²) in [4.78, 5) is 0. The summed E-state index contributed by atoms with van der Waals surface area (Å²) in [6, 6.07) is 6.17. The third-order valence-corrected chi connectivity index (χ3v) is 2.58. The van der Waals surface area contributed by atoms with Gasteiger partial charge in [0.25, 0.3) is 0 Å². The lowest BCUT2D eigenvalue weighted by Crippen LogP contribution is -1.89. The molecule has 0 radical (unpaired) electrons.